The van der Waals surface area contributed by atoms with Crippen molar-refractivity contribution in [2.45, 2.75) is 19.3 Å². The molecule has 1 atom stereocenters. The number of carbonyl (C=O) groups excluding carboxylic acids is 1. The molecule has 0 spiro atoms. The molecule has 1 aliphatic heterocycles. The number of aldehydes is 1. The average Bonchev–Trinajstić information content (AvgIpc) is 3.43. The number of halogens is 2. The lowest BCUT2D eigenvalue weighted by atomic mass is 10.2. The monoisotopic (exact) mass is 569 g/mol. The van der Waals surface area contributed by atoms with Gasteiger partial charge in [-0.25, -0.2) is 9.97 Å². The zero-order valence-electron chi connectivity index (χ0n) is 17.0. The highest BCUT2D eigenvalue weighted by atomic mass is 127. The highest BCUT2D eigenvalue weighted by Gasteiger charge is 2.22. The van der Waals surface area contributed by atoms with Gasteiger partial charge in [0.2, 0.25) is 5.95 Å². The minimum absolute atomic E-state index is 0.347. The second-order valence-electron chi connectivity index (χ2n) is 7.42. The van der Waals surface area contributed by atoms with Crippen LogP contribution in [-0.2, 0) is 6.42 Å². The number of hydrogen-bond donors (Lipinski definition) is 0. The van der Waals surface area contributed by atoms with E-state index in [0.29, 0.717) is 39.9 Å². The van der Waals surface area contributed by atoms with E-state index >= 15 is 0 Å². The number of anilines is 2. The Bertz CT molecular complexity index is 1110. The minimum Gasteiger partial charge on any atom is -0.373 e. The maximum atomic E-state index is 14.9. The molecule has 162 valence electrons. The van der Waals surface area contributed by atoms with Crippen LogP contribution in [0.25, 0.3) is 10.6 Å². The predicted molar refractivity (Wildman–Crippen MR) is 135 cm³/mol. The fourth-order valence-corrected chi connectivity index (χ4v) is 5.53. The van der Waals surface area contributed by atoms with E-state index in [4.69, 9.17) is 0 Å². The van der Waals surface area contributed by atoms with Crippen LogP contribution in [-0.4, -0.2) is 47.9 Å². The van der Waals surface area contributed by atoms with Gasteiger partial charge in [0.05, 0.1) is 31.6 Å². The zero-order valence-corrected chi connectivity index (χ0v) is 21.1. The van der Waals surface area contributed by atoms with Gasteiger partial charge in [0.1, 0.15) is 10.8 Å². The first kappa shape index (κ1) is 22.5. The Morgan fingerprint density at radius 2 is 2.06 bits per heavy atom. The van der Waals surface area contributed by atoms with E-state index in [1.165, 1.54) is 11.3 Å². The maximum absolute atomic E-state index is 14.9. The molecule has 3 aromatic rings. The number of aromatic nitrogens is 3. The summed E-state index contributed by atoms with van der Waals surface area (Å²) in [5, 5.41) is 1.49. The van der Waals surface area contributed by atoms with Crippen molar-refractivity contribution in [1.29, 1.82) is 0 Å². The maximum Gasteiger partial charge on any atom is 0.225 e. The van der Waals surface area contributed by atoms with Gasteiger partial charge in [-0.1, -0.05) is 0 Å². The number of likely N-dealkylation sites (N-methyl/N-ethyl adjacent to an activating group) is 1. The van der Waals surface area contributed by atoms with Crippen molar-refractivity contribution in [2.24, 2.45) is 0 Å². The molecule has 10 heteroatoms. The van der Waals surface area contributed by atoms with E-state index in [2.05, 4.69) is 56.6 Å². The first-order valence-corrected chi connectivity index (χ1v) is 12.4. The second-order valence-corrected chi connectivity index (χ2v) is 10.3. The molecule has 0 aliphatic carbocycles. The largest absolute Gasteiger partial charge is 0.373 e. The summed E-state index contributed by atoms with van der Waals surface area (Å²) >= 11 is 3.41. The summed E-state index contributed by atoms with van der Waals surface area (Å²) < 4.78 is 15.8. The fraction of sp³-hybridized carbons (Fsp3) is 0.333. The summed E-state index contributed by atoms with van der Waals surface area (Å²) in [7, 11) is 4.60. The van der Waals surface area contributed by atoms with Gasteiger partial charge in [-0.3, -0.25) is 9.78 Å². The van der Waals surface area contributed by atoms with Gasteiger partial charge in [0.15, 0.2) is 6.29 Å². The summed E-state index contributed by atoms with van der Waals surface area (Å²) in [5.41, 5.74) is 2.01. The van der Waals surface area contributed by atoms with Crippen LogP contribution in [0.2, 0.25) is 0 Å². The van der Waals surface area contributed by atoms with Crippen LogP contribution >= 0.6 is 43.2 Å². The van der Waals surface area contributed by atoms with Crippen molar-refractivity contribution in [3.8, 4) is 10.6 Å². The molecule has 0 aromatic carbocycles. The molecule has 4 heterocycles. The molecule has 3 aromatic heterocycles. The summed E-state index contributed by atoms with van der Waals surface area (Å²) in [6.07, 6.45) is 7.15. The number of thiazole rings is 1. The van der Waals surface area contributed by atoms with Crippen LogP contribution in [0.15, 0.2) is 24.5 Å². The van der Waals surface area contributed by atoms with Crippen molar-refractivity contribution in [1.82, 2.24) is 15.0 Å². The van der Waals surface area contributed by atoms with Gasteiger partial charge in [-0.15, -0.1) is 20.6 Å². The Balaban J connectivity index is 1.55. The number of nitrogens with zero attached hydrogens (tertiary/aromatic N) is 5. The van der Waals surface area contributed by atoms with Crippen molar-refractivity contribution >= 4 is 66.3 Å². The van der Waals surface area contributed by atoms with Crippen LogP contribution < -0.4 is 15.1 Å². The molecular weight excluding hydrogens is 547 g/mol. The van der Waals surface area contributed by atoms with Gasteiger partial charge in [-0.05, 0) is 52.9 Å². The van der Waals surface area contributed by atoms with Crippen molar-refractivity contribution in [3.05, 3.63) is 44.6 Å². The molecule has 31 heavy (non-hydrogen) atoms. The van der Waals surface area contributed by atoms with E-state index in [0.717, 1.165) is 46.8 Å². The smallest absolute Gasteiger partial charge is 0.225 e. The third-order valence-electron chi connectivity index (χ3n) is 5.25. The van der Waals surface area contributed by atoms with Gasteiger partial charge in [0, 0.05) is 39.3 Å². The first-order chi connectivity index (χ1) is 15.0. The molecule has 6 nitrogen and oxygen atoms in total. The van der Waals surface area contributed by atoms with Gasteiger partial charge in [-0.2, -0.15) is 4.39 Å². The highest BCUT2D eigenvalue weighted by Crippen LogP contribution is 2.33. The van der Waals surface area contributed by atoms with E-state index in [9.17, 15) is 9.18 Å². The van der Waals surface area contributed by atoms with Crippen molar-refractivity contribution in [2.75, 3.05) is 36.5 Å². The van der Waals surface area contributed by atoms with Crippen LogP contribution in [0, 0.1) is 9.52 Å². The lowest BCUT2D eigenvalue weighted by Crippen LogP contribution is -2.21. The van der Waals surface area contributed by atoms with Gasteiger partial charge < -0.3 is 9.80 Å². The summed E-state index contributed by atoms with van der Waals surface area (Å²) in [6.45, 7) is 2.47. The Kier molecular flexibility index (Phi) is 7.13. The molecule has 0 N–H and O–H groups in total. The van der Waals surface area contributed by atoms with Crippen molar-refractivity contribution in [3.63, 3.8) is 0 Å². The lowest BCUT2D eigenvalue weighted by molar-refractivity contribution is 0.112. The molecule has 1 unspecified atom stereocenters. The zero-order chi connectivity index (χ0) is 22.0. The first-order valence-electron chi connectivity index (χ1n) is 9.94. The normalized spacial score (nSPS) is 13.6. The van der Waals surface area contributed by atoms with E-state index in [1.807, 2.05) is 13.1 Å². The lowest BCUT2D eigenvalue weighted by Gasteiger charge is -2.18. The summed E-state index contributed by atoms with van der Waals surface area (Å²) in [6, 6.07) is 3.81. The van der Waals surface area contributed by atoms with E-state index in [-0.39, 0.29) is 0 Å². The van der Waals surface area contributed by atoms with Crippen LogP contribution in [0.1, 0.15) is 28.2 Å². The average molecular weight is 569 g/mol. The van der Waals surface area contributed by atoms with Crippen molar-refractivity contribution < 1.29 is 9.18 Å². The minimum atomic E-state index is -0.541. The molecule has 1 saturated heterocycles. The molecule has 0 saturated carbocycles. The van der Waals surface area contributed by atoms with Crippen LogP contribution in [0.3, 0.4) is 0 Å². The Morgan fingerprint density at radius 1 is 1.29 bits per heavy atom. The van der Waals surface area contributed by atoms with Crippen LogP contribution in [0.4, 0.5) is 15.9 Å². The third-order valence-corrected chi connectivity index (χ3v) is 7.42. The third kappa shape index (κ3) is 5.04. The van der Waals surface area contributed by atoms with E-state index < -0.39 is 5.95 Å². The number of carbonyl (C=O) groups is 1. The quantitative estimate of drug-likeness (QED) is 0.186. The standard InChI is InChI=1S/C21H22FIN5OPS/c1-27(13-8-14(30)11-24-10-13)7-4-17-18(12-29)31-21(25-17)15-9-16(23)20(26-19(15)22)28-5-2-3-6-28/h8-12H,2-7,30H2,1H3. The Morgan fingerprint density at radius 3 is 2.77 bits per heavy atom. The Hall–Kier alpha value is -1.71. The molecule has 1 fully saturated rings. The topological polar surface area (TPSA) is 62.2 Å². The molecule has 0 amide bonds. The van der Waals surface area contributed by atoms with Gasteiger partial charge >= 0.3 is 0 Å². The number of pyridine rings is 2. The predicted octanol–water partition coefficient (Wildman–Crippen LogP) is 3.94. The van der Waals surface area contributed by atoms with Gasteiger partial charge in [0.25, 0.3) is 0 Å². The number of rotatable bonds is 7. The van der Waals surface area contributed by atoms with Crippen LogP contribution in [0.5, 0.6) is 0 Å². The van der Waals surface area contributed by atoms with E-state index in [1.54, 1.807) is 18.5 Å². The SMILES string of the molecule is CN(CCc1nc(-c2cc(I)c(N3CCCC3)nc2F)sc1C=O)c1cncc(P)c1. The molecule has 0 bridgehead atoms. The second kappa shape index (κ2) is 9.83. The highest BCUT2D eigenvalue weighted by molar-refractivity contribution is 14.1. The molecule has 1 aliphatic rings. The number of hydrogen-bond acceptors (Lipinski definition) is 7. The molecular formula is C21H22FIN5OPS. The summed E-state index contributed by atoms with van der Waals surface area (Å²) in [4.78, 5) is 29.4. The molecule has 0 radical (unpaired) electrons. The fourth-order valence-electron chi connectivity index (χ4n) is 3.56. The summed E-state index contributed by atoms with van der Waals surface area (Å²) in [5.74, 6) is 0.152. The molecule has 4 rings (SSSR count). The Labute approximate surface area is 200 Å².